The Morgan fingerprint density at radius 1 is 1.38 bits per heavy atom. The van der Waals surface area contributed by atoms with Crippen LogP contribution in [-0.2, 0) is 0 Å². The lowest BCUT2D eigenvalue weighted by atomic mass is 10.1. The lowest BCUT2D eigenvalue weighted by Gasteiger charge is -2.19. The van der Waals surface area contributed by atoms with Crippen molar-refractivity contribution in [3.8, 4) is 0 Å². The zero-order valence-electron chi connectivity index (χ0n) is 8.67. The van der Waals surface area contributed by atoms with Crippen LogP contribution in [0.1, 0.15) is 33.6 Å². The van der Waals surface area contributed by atoms with Gasteiger partial charge in [-0.3, -0.25) is 5.43 Å². The predicted octanol–water partition coefficient (Wildman–Crippen LogP) is 0.602. The second kappa shape index (κ2) is 4.46. The zero-order chi connectivity index (χ0) is 9.84. The zero-order valence-corrected chi connectivity index (χ0v) is 8.67. The molecule has 1 aliphatic carbocycles. The minimum absolute atomic E-state index is 0.397. The molecule has 4 nitrogen and oxygen atoms in total. The molecule has 0 aliphatic heterocycles. The van der Waals surface area contributed by atoms with Crippen LogP contribution in [-0.4, -0.2) is 18.0 Å². The van der Waals surface area contributed by atoms with Gasteiger partial charge in [0.1, 0.15) is 0 Å². The Hall–Kier alpha value is -0.770. The fourth-order valence-electron chi connectivity index (χ4n) is 0.885. The molecule has 0 aromatic heterocycles. The van der Waals surface area contributed by atoms with E-state index in [1.165, 1.54) is 12.8 Å². The smallest absolute Gasteiger partial charge is 0.206 e. The average molecular weight is 184 g/mol. The minimum atomic E-state index is 0.397. The van der Waals surface area contributed by atoms with Crippen LogP contribution in [0, 0.1) is 5.92 Å². The van der Waals surface area contributed by atoms with Crippen molar-refractivity contribution >= 4 is 5.96 Å². The van der Waals surface area contributed by atoms with Crippen molar-refractivity contribution in [2.24, 2.45) is 16.8 Å². The van der Waals surface area contributed by atoms with E-state index in [1.54, 1.807) is 0 Å². The molecule has 0 aromatic carbocycles. The molecule has 0 spiro atoms. The summed E-state index contributed by atoms with van der Waals surface area (Å²) in [6.45, 7) is 6.47. The number of nitrogens with zero attached hydrogens (tertiary/aromatic N) is 1. The van der Waals surface area contributed by atoms with E-state index in [-0.39, 0.29) is 0 Å². The maximum atomic E-state index is 5.35. The molecule has 76 valence electrons. The van der Waals surface area contributed by atoms with Gasteiger partial charge in [-0.1, -0.05) is 13.8 Å². The first-order valence-electron chi connectivity index (χ1n) is 4.94. The predicted molar refractivity (Wildman–Crippen MR) is 55.2 cm³/mol. The van der Waals surface area contributed by atoms with Crippen LogP contribution >= 0.6 is 0 Å². The fourth-order valence-corrected chi connectivity index (χ4v) is 0.885. The SMILES string of the molecule is CC(C)C(C)NC(=NC1CC1)NN. The highest BCUT2D eigenvalue weighted by molar-refractivity contribution is 5.79. The Morgan fingerprint density at radius 3 is 2.38 bits per heavy atom. The molecule has 0 aromatic rings. The third-order valence-corrected chi connectivity index (χ3v) is 2.36. The van der Waals surface area contributed by atoms with Crippen LogP contribution < -0.4 is 16.6 Å². The topological polar surface area (TPSA) is 62.4 Å². The molecule has 0 radical (unpaired) electrons. The second-order valence-corrected chi connectivity index (χ2v) is 4.03. The van der Waals surface area contributed by atoms with Gasteiger partial charge in [0.25, 0.3) is 0 Å². The molecule has 0 bridgehead atoms. The van der Waals surface area contributed by atoms with Crippen molar-refractivity contribution in [3.05, 3.63) is 0 Å². The minimum Gasteiger partial charge on any atom is -0.353 e. The van der Waals surface area contributed by atoms with Crippen molar-refractivity contribution < 1.29 is 0 Å². The number of nitrogens with one attached hydrogen (secondary N) is 2. The highest BCUT2D eigenvalue weighted by Crippen LogP contribution is 2.23. The van der Waals surface area contributed by atoms with E-state index in [2.05, 4.69) is 36.5 Å². The van der Waals surface area contributed by atoms with Gasteiger partial charge in [0, 0.05) is 6.04 Å². The molecule has 0 heterocycles. The number of aliphatic imine (C=N–C) groups is 1. The van der Waals surface area contributed by atoms with Crippen molar-refractivity contribution in [3.63, 3.8) is 0 Å². The van der Waals surface area contributed by atoms with E-state index in [0.717, 1.165) is 5.96 Å². The van der Waals surface area contributed by atoms with Gasteiger partial charge in [0.2, 0.25) is 5.96 Å². The van der Waals surface area contributed by atoms with E-state index in [1.807, 2.05) is 0 Å². The van der Waals surface area contributed by atoms with Gasteiger partial charge >= 0.3 is 0 Å². The van der Waals surface area contributed by atoms with E-state index < -0.39 is 0 Å². The van der Waals surface area contributed by atoms with E-state index in [0.29, 0.717) is 18.0 Å². The van der Waals surface area contributed by atoms with Gasteiger partial charge in [-0.05, 0) is 25.7 Å². The molecule has 1 rings (SSSR count). The van der Waals surface area contributed by atoms with E-state index in [4.69, 9.17) is 5.84 Å². The van der Waals surface area contributed by atoms with Gasteiger partial charge in [-0.25, -0.2) is 10.8 Å². The van der Waals surface area contributed by atoms with Crippen LogP contribution in [0.4, 0.5) is 0 Å². The van der Waals surface area contributed by atoms with Crippen LogP contribution in [0.25, 0.3) is 0 Å². The first-order valence-corrected chi connectivity index (χ1v) is 4.94. The summed E-state index contributed by atoms with van der Waals surface area (Å²) >= 11 is 0. The Morgan fingerprint density at radius 2 is 2.00 bits per heavy atom. The molecule has 13 heavy (non-hydrogen) atoms. The van der Waals surface area contributed by atoms with Crippen LogP contribution in [0.2, 0.25) is 0 Å². The highest BCUT2D eigenvalue weighted by Gasteiger charge is 2.21. The van der Waals surface area contributed by atoms with Crippen LogP contribution in [0.5, 0.6) is 0 Å². The fraction of sp³-hybridized carbons (Fsp3) is 0.889. The van der Waals surface area contributed by atoms with E-state index in [9.17, 15) is 0 Å². The number of hydrazine groups is 1. The van der Waals surface area contributed by atoms with Crippen LogP contribution in [0.3, 0.4) is 0 Å². The number of hydrogen-bond donors (Lipinski definition) is 3. The molecular weight excluding hydrogens is 164 g/mol. The Balaban J connectivity index is 2.38. The van der Waals surface area contributed by atoms with Crippen molar-refractivity contribution in [2.45, 2.75) is 45.7 Å². The molecule has 0 saturated heterocycles. The quantitative estimate of drug-likeness (QED) is 0.260. The maximum Gasteiger partial charge on any atom is 0.206 e. The Kier molecular flexibility index (Phi) is 3.54. The van der Waals surface area contributed by atoms with E-state index >= 15 is 0 Å². The summed E-state index contributed by atoms with van der Waals surface area (Å²) in [6.07, 6.45) is 2.39. The monoisotopic (exact) mass is 184 g/mol. The highest BCUT2D eigenvalue weighted by atomic mass is 15.3. The third-order valence-electron chi connectivity index (χ3n) is 2.36. The first kappa shape index (κ1) is 10.3. The molecule has 4 heteroatoms. The number of hydrogen-bond acceptors (Lipinski definition) is 2. The lowest BCUT2D eigenvalue weighted by molar-refractivity contribution is 0.481. The van der Waals surface area contributed by atoms with Crippen LogP contribution in [0.15, 0.2) is 4.99 Å². The molecule has 0 amide bonds. The van der Waals surface area contributed by atoms with Crippen molar-refractivity contribution in [1.29, 1.82) is 0 Å². The summed E-state index contributed by atoms with van der Waals surface area (Å²) in [6, 6.07) is 0.895. The second-order valence-electron chi connectivity index (χ2n) is 4.03. The third kappa shape index (κ3) is 3.63. The summed E-state index contributed by atoms with van der Waals surface area (Å²) < 4.78 is 0. The summed E-state index contributed by atoms with van der Waals surface area (Å²) in [5.74, 6) is 6.66. The Bertz CT molecular complexity index is 184. The molecule has 1 unspecified atom stereocenters. The van der Waals surface area contributed by atoms with Gasteiger partial charge in [0.05, 0.1) is 6.04 Å². The van der Waals surface area contributed by atoms with Gasteiger partial charge in [-0.2, -0.15) is 0 Å². The summed E-state index contributed by atoms with van der Waals surface area (Å²) in [5.41, 5.74) is 2.60. The van der Waals surface area contributed by atoms with Gasteiger partial charge in [0.15, 0.2) is 0 Å². The van der Waals surface area contributed by atoms with Gasteiger partial charge in [-0.15, -0.1) is 0 Å². The Labute approximate surface area is 80.0 Å². The maximum absolute atomic E-state index is 5.35. The summed E-state index contributed by atoms with van der Waals surface area (Å²) in [5, 5.41) is 3.25. The normalized spacial score (nSPS) is 20.2. The average Bonchev–Trinajstić information content (AvgIpc) is 2.86. The molecule has 4 N–H and O–H groups in total. The van der Waals surface area contributed by atoms with Crippen molar-refractivity contribution in [2.75, 3.05) is 0 Å². The number of guanidine groups is 1. The molecule has 1 aliphatic rings. The molecule has 1 fully saturated rings. The summed E-state index contributed by atoms with van der Waals surface area (Å²) in [7, 11) is 0. The first-order chi connectivity index (χ1) is 6.13. The van der Waals surface area contributed by atoms with Gasteiger partial charge < -0.3 is 5.32 Å². The largest absolute Gasteiger partial charge is 0.353 e. The van der Waals surface area contributed by atoms with Crippen molar-refractivity contribution in [1.82, 2.24) is 10.7 Å². The number of nitrogens with two attached hydrogens (primary N) is 1. The standard InChI is InChI=1S/C9H20N4/c1-6(2)7(3)11-9(13-10)12-8-4-5-8/h6-8H,4-5,10H2,1-3H3,(H2,11,12,13). The summed E-state index contributed by atoms with van der Waals surface area (Å²) in [4.78, 5) is 4.40. The number of rotatable bonds is 3. The molecule has 1 atom stereocenters. The molecule has 1 saturated carbocycles. The lowest BCUT2D eigenvalue weighted by Crippen LogP contribution is -2.47. The molecular formula is C9H20N4.